The number of imidazole rings is 1. The van der Waals surface area contributed by atoms with E-state index in [4.69, 9.17) is 9.97 Å². The standard InChI is InChI=1S/C28H39N9O/c1-6-24(38)30-22-11-12-36(17-22)28-32-26(25-27(33-28)37(18-29-25)20(4)5)31-21-7-9-23(10-8-21)35-15-13-34(14-16-35)19(2)3/h6-10,18-20,22H,1,11-17H2,2-5H3,(H,30,38)(H,31,32,33). The van der Waals surface area contributed by atoms with Crippen LogP contribution >= 0.6 is 0 Å². The van der Waals surface area contributed by atoms with Crippen LogP contribution in [0.15, 0.2) is 43.2 Å². The number of nitrogens with zero attached hydrogens (tertiary/aromatic N) is 7. The van der Waals surface area contributed by atoms with Crippen LogP contribution in [-0.2, 0) is 4.79 Å². The van der Waals surface area contributed by atoms with E-state index < -0.39 is 0 Å². The van der Waals surface area contributed by atoms with Crippen molar-refractivity contribution in [3.63, 3.8) is 0 Å². The summed E-state index contributed by atoms with van der Waals surface area (Å²) in [6.07, 6.45) is 3.97. The number of carbonyl (C=O) groups excluding carboxylic acids is 1. The molecule has 1 unspecified atom stereocenters. The first kappa shape index (κ1) is 26.0. The second kappa shape index (κ2) is 11.0. The predicted octanol–water partition coefficient (Wildman–Crippen LogP) is 3.56. The van der Waals surface area contributed by atoms with Gasteiger partial charge in [0.15, 0.2) is 17.0 Å². The Labute approximate surface area is 224 Å². The molecule has 4 heterocycles. The zero-order valence-corrected chi connectivity index (χ0v) is 22.9. The quantitative estimate of drug-likeness (QED) is 0.438. The van der Waals surface area contributed by atoms with E-state index in [2.05, 4.69) is 93.4 Å². The highest BCUT2D eigenvalue weighted by atomic mass is 16.1. The van der Waals surface area contributed by atoms with Gasteiger partial charge in [-0.3, -0.25) is 9.69 Å². The number of piperazine rings is 1. The number of hydrogen-bond acceptors (Lipinski definition) is 8. The minimum absolute atomic E-state index is 0.0427. The Morgan fingerprint density at radius 1 is 1.00 bits per heavy atom. The molecule has 0 aliphatic carbocycles. The Morgan fingerprint density at radius 3 is 2.39 bits per heavy atom. The zero-order chi connectivity index (χ0) is 26.8. The number of carbonyl (C=O) groups is 1. The summed E-state index contributed by atoms with van der Waals surface area (Å²) in [5, 5.41) is 6.49. The number of anilines is 4. The molecular formula is C28H39N9O. The van der Waals surface area contributed by atoms with Crippen molar-refractivity contribution in [2.75, 3.05) is 54.4 Å². The zero-order valence-electron chi connectivity index (χ0n) is 22.9. The monoisotopic (exact) mass is 517 g/mol. The molecule has 2 saturated heterocycles. The van der Waals surface area contributed by atoms with Gasteiger partial charge in [-0.05, 0) is 64.5 Å². The molecular weight excluding hydrogens is 478 g/mol. The summed E-state index contributed by atoms with van der Waals surface area (Å²) in [7, 11) is 0. The summed E-state index contributed by atoms with van der Waals surface area (Å²) >= 11 is 0. The van der Waals surface area contributed by atoms with Gasteiger partial charge in [-0.1, -0.05) is 6.58 Å². The average Bonchev–Trinajstić information content (AvgIpc) is 3.56. The Kier molecular flexibility index (Phi) is 7.51. The Hall–Kier alpha value is -3.66. The SMILES string of the molecule is C=CC(=O)NC1CCN(c2nc(Nc3ccc(N4CCN(C(C)C)CC4)cc3)c3ncn(C(C)C)c3n2)C1. The highest BCUT2D eigenvalue weighted by Gasteiger charge is 2.27. The van der Waals surface area contributed by atoms with Crippen LogP contribution in [0.1, 0.15) is 40.2 Å². The molecule has 3 aromatic rings. The molecule has 2 fully saturated rings. The third-order valence-electron chi connectivity index (χ3n) is 7.51. The maximum Gasteiger partial charge on any atom is 0.243 e. The maximum absolute atomic E-state index is 11.8. The predicted molar refractivity (Wildman–Crippen MR) is 153 cm³/mol. The molecule has 5 rings (SSSR count). The van der Waals surface area contributed by atoms with Gasteiger partial charge in [-0.2, -0.15) is 9.97 Å². The summed E-state index contributed by atoms with van der Waals surface area (Å²) in [4.78, 5) is 33.3. The number of hydrogen-bond donors (Lipinski definition) is 2. The molecule has 1 aromatic carbocycles. The summed E-state index contributed by atoms with van der Waals surface area (Å²) in [5.41, 5.74) is 3.73. The molecule has 1 atom stereocenters. The van der Waals surface area contributed by atoms with Crippen molar-refractivity contribution in [1.29, 1.82) is 0 Å². The Morgan fingerprint density at radius 2 is 1.74 bits per heavy atom. The Balaban J connectivity index is 1.37. The van der Waals surface area contributed by atoms with Crippen molar-refractivity contribution in [3.8, 4) is 0 Å². The molecule has 2 aliphatic rings. The Bertz CT molecular complexity index is 1280. The van der Waals surface area contributed by atoms with E-state index in [1.807, 2.05) is 6.33 Å². The lowest BCUT2D eigenvalue weighted by Gasteiger charge is -2.38. The van der Waals surface area contributed by atoms with Crippen LogP contribution in [0.4, 0.5) is 23.1 Å². The van der Waals surface area contributed by atoms with E-state index in [0.29, 0.717) is 24.4 Å². The number of aromatic nitrogens is 4. The minimum atomic E-state index is -0.154. The van der Waals surface area contributed by atoms with Crippen LogP contribution in [0.3, 0.4) is 0 Å². The van der Waals surface area contributed by atoms with Crippen molar-refractivity contribution >= 4 is 40.2 Å². The van der Waals surface area contributed by atoms with E-state index in [1.54, 1.807) is 0 Å². The van der Waals surface area contributed by atoms with E-state index in [1.165, 1.54) is 11.8 Å². The number of rotatable bonds is 8. The fraction of sp³-hybridized carbons (Fsp3) is 0.500. The lowest BCUT2D eigenvalue weighted by Crippen LogP contribution is -2.48. The fourth-order valence-electron chi connectivity index (χ4n) is 5.22. The maximum atomic E-state index is 11.8. The molecule has 2 N–H and O–H groups in total. The third-order valence-corrected chi connectivity index (χ3v) is 7.51. The molecule has 2 aromatic heterocycles. The first-order valence-corrected chi connectivity index (χ1v) is 13.6. The lowest BCUT2D eigenvalue weighted by atomic mass is 10.2. The van der Waals surface area contributed by atoms with Gasteiger partial charge in [0, 0.05) is 68.8 Å². The number of benzene rings is 1. The van der Waals surface area contributed by atoms with Gasteiger partial charge in [-0.15, -0.1) is 0 Å². The van der Waals surface area contributed by atoms with Crippen molar-refractivity contribution < 1.29 is 4.79 Å². The van der Waals surface area contributed by atoms with Gasteiger partial charge in [0.2, 0.25) is 11.9 Å². The van der Waals surface area contributed by atoms with Crippen molar-refractivity contribution in [2.45, 2.75) is 52.2 Å². The highest BCUT2D eigenvalue weighted by Crippen LogP contribution is 2.29. The van der Waals surface area contributed by atoms with Gasteiger partial charge in [0.05, 0.1) is 6.33 Å². The molecule has 0 spiro atoms. The van der Waals surface area contributed by atoms with E-state index in [0.717, 1.165) is 56.0 Å². The van der Waals surface area contributed by atoms with Crippen LogP contribution in [0, 0.1) is 0 Å². The van der Waals surface area contributed by atoms with Gasteiger partial charge >= 0.3 is 0 Å². The molecule has 0 saturated carbocycles. The minimum Gasteiger partial charge on any atom is -0.369 e. The first-order chi connectivity index (χ1) is 18.3. The molecule has 2 aliphatic heterocycles. The molecule has 0 bridgehead atoms. The summed E-state index contributed by atoms with van der Waals surface area (Å²) in [5.74, 6) is 1.16. The molecule has 38 heavy (non-hydrogen) atoms. The first-order valence-electron chi connectivity index (χ1n) is 13.6. The fourth-order valence-corrected chi connectivity index (χ4v) is 5.22. The average molecular weight is 518 g/mol. The van der Waals surface area contributed by atoms with Gasteiger partial charge < -0.3 is 25.0 Å². The van der Waals surface area contributed by atoms with Gasteiger partial charge in [0.1, 0.15) is 0 Å². The van der Waals surface area contributed by atoms with Crippen molar-refractivity contribution in [2.24, 2.45) is 0 Å². The van der Waals surface area contributed by atoms with E-state index in [-0.39, 0.29) is 18.0 Å². The smallest absolute Gasteiger partial charge is 0.243 e. The van der Waals surface area contributed by atoms with Crippen LogP contribution in [0.2, 0.25) is 0 Å². The van der Waals surface area contributed by atoms with Crippen molar-refractivity contribution in [1.82, 2.24) is 29.7 Å². The molecule has 202 valence electrons. The normalized spacial score (nSPS) is 18.5. The van der Waals surface area contributed by atoms with Crippen LogP contribution in [0.25, 0.3) is 11.2 Å². The number of amides is 1. The summed E-state index contributed by atoms with van der Waals surface area (Å²) in [6, 6.07) is 9.40. The van der Waals surface area contributed by atoms with Crippen molar-refractivity contribution in [3.05, 3.63) is 43.2 Å². The molecule has 10 nitrogen and oxygen atoms in total. The van der Waals surface area contributed by atoms with E-state index in [9.17, 15) is 4.79 Å². The van der Waals surface area contributed by atoms with Crippen LogP contribution in [0.5, 0.6) is 0 Å². The number of nitrogens with one attached hydrogen (secondary N) is 2. The lowest BCUT2D eigenvalue weighted by molar-refractivity contribution is -0.117. The van der Waals surface area contributed by atoms with Crippen LogP contribution < -0.4 is 20.4 Å². The van der Waals surface area contributed by atoms with Gasteiger partial charge in [-0.25, -0.2) is 4.98 Å². The topological polar surface area (TPSA) is 94.5 Å². The second-order valence-corrected chi connectivity index (χ2v) is 10.7. The van der Waals surface area contributed by atoms with Gasteiger partial charge in [0.25, 0.3) is 0 Å². The third kappa shape index (κ3) is 5.45. The molecule has 0 radical (unpaired) electrons. The molecule has 10 heteroatoms. The highest BCUT2D eigenvalue weighted by molar-refractivity contribution is 5.88. The number of fused-ring (bicyclic) bond motifs is 1. The molecule has 1 amide bonds. The second-order valence-electron chi connectivity index (χ2n) is 10.7. The van der Waals surface area contributed by atoms with Crippen LogP contribution in [-0.4, -0.2) is 81.7 Å². The summed E-state index contributed by atoms with van der Waals surface area (Å²) in [6.45, 7) is 18.0. The summed E-state index contributed by atoms with van der Waals surface area (Å²) < 4.78 is 2.07. The largest absolute Gasteiger partial charge is 0.369 e. The van der Waals surface area contributed by atoms with E-state index >= 15 is 0 Å².